The van der Waals surface area contributed by atoms with Crippen LogP contribution in [0.1, 0.15) is 32.4 Å². The molecule has 37 heavy (non-hydrogen) atoms. The summed E-state index contributed by atoms with van der Waals surface area (Å²) in [5.41, 5.74) is 1.75. The predicted molar refractivity (Wildman–Crippen MR) is 134 cm³/mol. The minimum atomic E-state index is -0.818. The average Bonchev–Trinajstić information content (AvgIpc) is 2.87. The Bertz CT molecular complexity index is 1130. The molecule has 1 fully saturated rings. The first-order valence-corrected chi connectivity index (χ1v) is 12.1. The van der Waals surface area contributed by atoms with E-state index in [4.69, 9.17) is 23.7 Å². The van der Waals surface area contributed by atoms with Crippen LogP contribution in [0.2, 0.25) is 0 Å². The van der Waals surface area contributed by atoms with E-state index in [1.54, 1.807) is 24.2 Å². The van der Waals surface area contributed by atoms with E-state index >= 15 is 0 Å². The van der Waals surface area contributed by atoms with E-state index in [9.17, 15) is 14.4 Å². The highest BCUT2D eigenvalue weighted by atomic mass is 16.7. The number of hydrogen-bond donors (Lipinski definition) is 0. The van der Waals surface area contributed by atoms with Crippen molar-refractivity contribution in [1.82, 2.24) is 0 Å². The highest BCUT2D eigenvalue weighted by Gasteiger charge is 2.52. The van der Waals surface area contributed by atoms with Crippen molar-refractivity contribution in [3.63, 3.8) is 0 Å². The number of esters is 2. The summed E-state index contributed by atoms with van der Waals surface area (Å²) in [7, 11) is 1.60. The first kappa shape index (κ1) is 26.4. The van der Waals surface area contributed by atoms with E-state index in [0.717, 1.165) is 11.3 Å². The standard InChI is InChI=1S/C28H31NO8/c1-17(35-25-15-14-23(36-19(3)31)24(37-25)16-34-18(2)30)26-27(20-8-6-5-7-9-20)29(28(26)32)21-10-12-22(33-4)13-11-21/h5-15,17,23-27H,16H2,1-4H3/t17-,23-,24+,25-,26+,27-/m0/s1. The number of benzene rings is 2. The molecule has 0 saturated carbocycles. The monoisotopic (exact) mass is 509 g/mol. The molecule has 196 valence electrons. The second-order valence-corrected chi connectivity index (χ2v) is 8.93. The van der Waals surface area contributed by atoms with E-state index in [1.807, 2.05) is 61.5 Å². The lowest BCUT2D eigenvalue weighted by atomic mass is 9.78. The van der Waals surface area contributed by atoms with Crippen LogP contribution in [0.25, 0.3) is 0 Å². The van der Waals surface area contributed by atoms with E-state index in [-0.39, 0.29) is 18.6 Å². The summed E-state index contributed by atoms with van der Waals surface area (Å²) in [6, 6.07) is 16.9. The maximum absolute atomic E-state index is 13.4. The number of methoxy groups -OCH3 is 1. The van der Waals surface area contributed by atoms with Crippen LogP contribution < -0.4 is 9.64 Å². The van der Waals surface area contributed by atoms with Gasteiger partial charge in [-0.1, -0.05) is 30.3 Å². The third-order valence-electron chi connectivity index (χ3n) is 6.37. The number of anilines is 1. The van der Waals surface area contributed by atoms with Gasteiger partial charge in [0.2, 0.25) is 5.91 Å². The van der Waals surface area contributed by atoms with Gasteiger partial charge >= 0.3 is 11.9 Å². The molecule has 1 saturated heterocycles. The minimum absolute atomic E-state index is 0.0689. The summed E-state index contributed by atoms with van der Waals surface area (Å²) < 4.78 is 27.7. The van der Waals surface area contributed by atoms with Gasteiger partial charge in [0.1, 0.15) is 24.6 Å². The smallest absolute Gasteiger partial charge is 0.303 e. The van der Waals surface area contributed by atoms with Crippen molar-refractivity contribution in [3.8, 4) is 5.75 Å². The molecule has 2 heterocycles. The van der Waals surface area contributed by atoms with E-state index in [0.29, 0.717) is 5.75 Å². The molecule has 2 aromatic rings. The van der Waals surface area contributed by atoms with Gasteiger partial charge in [-0.3, -0.25) is 14.4 Å². The Morgan fingerprint density at radius 1 is 1.00 bits per heavy atom. The average molecular weight is 510 g/mol. The lowest BCUT2D eigenvalue weighted by Gasteiger charge is -2.50. The molecule has 0 unspecified atom stereocenters. The normalized spacial score (nSPS) is 25.7. The van der Waals surface area contributed by atoms with Crippen LogP contribution in [0, 0.1) is 5.92 Å². The van der Waals surface area contributed by atoms with Crippen molar-refractivity contribution < 1.29 is 38.1 Å². The van der Waals surface area contributed by atoms with Crippen LogP contribution in [-0.4, -0.2) is 56.2 Å². The fourth-order valence-electron chi connectivity index (χ4n) is 4.64. The molecule has 6 atom stereocenters. The van der Waals surface area contributed by atoms with Gasteiger partial charge in [-0.2, -0.15) is 0 Å². The molecule has 0 aliphatic carbocycles. The highest BCUT2D eigenvalue weighted by Crippen LogP contribution is 2.46. The van der Waals surface area contributed by atoms with Gasteiger partial charge in [-0.25, -0.2) is 0 Å². The first-order valence-electron chi connectivity index (χ1n) is 12.1. The summed E-state index contributed by atoms with van der Waals surface area (Å²) in [5, 5.41) is 0. The summed E-state index contributed by atoms with van der Waals surface area (Å²) in [6.45, 7) is 4.31. The van der Waals surface area contributed by atoms with Crippen molar-refractivity contribution in [1.29, 1.82) is 0 Å². The molecular formula is C28H31NO8. The number of carbonyl (C=O) groups is 3. The Kier molecular flexibility index (Phi) is 8.25. The molecule has 0 N–H and O–H groups in total. The largest absolute Gasteiger partial charge is 0.497 e. The fraction of sp³-hybridized carbons (Fsp3) is 0.393. The van der Waals surface area contributed by atoms with Crippen LogP contribution in [-0.2, 0) is 33.3 Å². The maximum Gasteiger partial charge on any atom is 0.303 e. The molecule has 0 aromatic heterocycles. The Labute approximate surface area is 215 Å². The second-order valence-electron chi connectivity index (χ2n) is 8.93. The van der Waals surface area contributed by atoms with Gasteiger partial charge in [-0.15, -0.1) is 0 Å². The topological polar surface area (TPSA) is 101 Å². The van der Waals surface area contributed by atoms with Gasteiger partial charge in [0.05, 0.1) is 25.2 Å². The Hall–Kier alpha value is -3.69. The number of hydrogen-bond acceptors (Lipinski definition) is 8. The molecule has 9 nitrogen and oxygen atoms in total. The molecule has 0 radical (unpaired) electrons. The molecular weight excluding hydrogens is 478 g/mol. The third-order valence-corrected chi connectivity index (χ3v) is 6.37. The van der Waals surface area contributed by atoms with Gasteiger partial charge in [0, 0.05) is 19.5 Å². The quantitative estimate of drug-likeness (QED) is 0.287. The van der Waals surface area contributed by atoms with Crippen LogP contribution in [0.15, 0.2) is 66.7 Å². The lowest BCUT2D eigenvalue weighted by Crippen LogP contribution is -2.60. The molecule has 2 aliphatic heterocycles. The minimum Gasteiger partial charge on any atom is -0.497 e. The van der Waals surface area contributed by atoms with Crippen molar-refractivity contribution in [3.05, 3.63) is 72.3 Å². The van der Waals surface area contributed by atoms with Crippen LogP contribution in [0.5, 0.6) is 5.75 Å². The zero-order chi connectivity index (χ0) is 26.5. The summed E-state index contributed by atoms with van der Waals surface area (Å²) in [6.07, 6.45) is 0.490. The van der Waals surface area contributed by atoms with Crippen molar-refractivity contribution >= 4 is 23.5 Å². The Balaban J connectivity index is 1.52. The van der Waals surface area contributed by atoms with Crippen LogP contribution >= 0.6 is 0 Å². The van der Waals surface area contributed by atoms with Crippen molar-refractivity contribution in [2.45, 2.75) is 51.4 Å². The fourth-order valence-corrected chi connectivity index (χ4v) is 4.64. The lowest BCUT2D eigenvalue weighted by molar-refractivity contribution is -0.216. The number of nitrogens with zero attached hydrogens (tertiary/aromatic N) is 1. The predicted octanol–water partition coefficient (Wildman–Crippen LogP) is 3.58. The van der Waals surface area contributed by atoms with Crippen LogP contribution in [0.4, 0.5) is 5.69 Å². The number of carbonyl (C=O) groups excluding carboxylic acids is 3. The molecule has 9 heteroatoms. The van der Waals surface area contributed by atoms with Gasteiger partial charge < -0.3 is 28.6 Å². The zero-order valence-electron chi connectivity index (χ0n) is 21.2. The zero-order valence-corrected chi connectivity index (χ0v) is 21.2. The number of β-lactam (4-membered cyclic amide) rings is 1. The number of rotatable bonds is 9. The number of amides is 1. The molecule has 1 amide bonds. The summed E-state index contributed by atoms with van der Waals surface area (Å²) in [4.78, 5) is 38.0. The van der Waals surface area contributed by atoms with Crippen LogP contribution in [0.3, 0.4) is 0 Å². The van der Waals surface area contributed by atoms with Crippen molar-refractivity contribution in [2.75, 3.05) is 18.6 Å². The van der Waals surface area contributed by atoms with Crippen molar-refractivity contribution in [2.24, 2.45) is 5.92 Å². The molecule has 0 spiro atoms. The van der Waals surface area contributed by atoms with E-state index < -0.39 is 42.5 Å². The summed E-state index contributed by atoms with van der Waals surface area (Å²) >= 11 is 0. The SMILES string of the molecule is COc1ccc(N2C(=O)[C@H]([C@H](C)O[C@@H]3C=C[C@H](OC(C)=O)[C@@H](COC(C)=O)O3)[C@@H]2c2ccccc2)cc1. The molecule has 0 bridgehead atoms. The Morgan fingerprint density at radius 3 is 2.32 bits per heavy atom. The molecule has 2 aliphatic rings. The van der Waals surface area contributed by atoms with Gasteiger partial charge in [0.25, 0.3) is 0 Å². The maximum atomic E-state index is 13.4. The van der Waals surface area contributed by atoms with Gasteiger partial charge in [0.15, 0.2) is 6.29 Å². The third kappa shape index (κ3) is 6.00. The highest BCUT2D eigenvalue weighted by molar-refractivity contribution is 6.03. The molecule has 4 rings (SSSR count). The number of ether oxygens (including phenoxy) is 5. The van der Waals surface area contributed by atoms with E-state index in [2.05, 4.69) is 0 Å². The Morgan fingerprint density at radius 2 is 1.70 bits per heavy atom. The summed E-state index contributed by atoms with van der Waals surface area (Å²) in [5.74, 6) is -0.781. The van der Waals surface area contributed by atoms with Gasteiger partial charge in [-0.05, 0) is 48.9 Å². The molecule has 2 aromatic carbocycles. The van der Waals surface area contributed by atoms with E-state index in [1.165, 1.54) is 13.8 Å². The first-order chi connectivity index (χ1) is 17.8. The second kappa shape index (κ2) is 11.6.